The number of aliphatic hydroxyl groups is 1. The summed E-state index contributed by atoms with van der Waals surface area (Å²) in [5, 5.41) is 12.0. The molecule has 7 heteroatoms. The highest BCUT2D eigenvalue weighted by Gasteiger charge is 2.30. The van der Waals surface area contributed by atoms with Gasteiger partial charge in [0.25, 0.3) is 5.91 Å². The summed E-state index contributed by atoms with van der Waals surface area (Å²) in [6.07, 6.45) is 2.65. The third-order valence-electron chi connectivity index (χ3n) is 3.56. The standard InChI is InChI=1S/C14H16F3NO2S/c15-14(16,17)21-11-6-4-9(5-7-11)13(20)18-12-3-1-2-10(12)8-19/h4-7,10,12,19H,1-3,8H2,(H,18,20). The number of rotatable bonds is 4. The number of thioether (sulfide) groups is 1. The van der Waals surface area contributed by atoms with Crippen LogP contribution in [0.2, 0.25) is 0 Å². The predicted octanol–water partition coefficient (Wildman–Crippen LogP) is 3.19. The molecule has 116 valence electrons. The van der Waals surface area contributed by atoms with Crippen LogP contribution in [-0.2, 0) is 0 Å². The zero-order valence-electron chi connectivity index (χ0n) is 11.2. The molecule has 0 saturated heterocycles. The smallest absolute Gasteiger partial charge is 0.396 e. The molecule has 0 radical (unpaired) electrons. The molecule has 1 amide bonds. The van der Waals surface area contributed by atoms with Crippen LogP contribution >= 0.6 is 11.8 Å². The molecular weight excluding hydrogens is 303 g/mol. The van der Waals surface area contributed by atoms with Crippen molar-refractivity contribution in [3.63, 3.8) is 0 Å². The maximum Gasteiger partial charge on any atom is 0.446 e. The Labute approximate surface area is 124 Å². The lowest BCUT2D eigenvalue weighted by molar-refractivity contribution is -0.0328. The molecular formula is C14H16F3NO2S. The Kier molecular flexibility index (Phi) is 5.16. The number of hydrogen-bond donors (Lipinski definition) is 2. The van der Waals surface area contributed by atoms with Gasteiger partial charge in [-0.2, -0.15) is 13.2 Å². The topological polar surface area (TPSA) is 49.3 Å². The van der Waals surface area contributed by atoms with Gasteiger partial charge in [-0.1, -0.05) is 6.42 Å². The molecule has 0 bridgehead atoms. The SMILES string of the molecule is O=C(NC1CCCC1CO)c1ccc(SC(F)(F)F)cc1. The van der Waals surface area contributed by atoms with Crippen molar-refractivity contribution in [3.05, 3.63) is 29.8 Å². The van der Waals surface area contributed by atoms with E-state index in [0.29, 0.717) is 5.56 Å². The molecule has 2 atom stereocenters. The highest BCUT2D eigenvalue weighted by molar-refractivity contribution is 8.00. The van der Waals surface area contributed by atoms with Gasteiger partial charge in [0.2, 0.25) is 0 Å². The number of alkyl halides is 3. The summed E-state index contributed by atoms with van der Waals surface area (Å²) in [7, 11) is 0. The van der Waals surface area contributed by atoms with Crippen LogP contribution in [0.4, 0.5) is 13.2 Å². The Balaban J connectivity index is 1.97. The average molecular weight is 319 g/mol. The van der Waals surface area contributed by atoms with Crippen molar-refractivity contribution < 1.29 is 23.1 Å². The molecule has 1 aliphatic rings. The number of carbonyl (C=O) groups excluding carboxylic acids is 1. The molecule has 0 aromatic heterocycles. The average Bonchev–Trinajstić information content (AvgIpc) is 2.85. The first kappa shape index (κ1) is 16.2. The van der Waals surface area contributed by atoms with Gasteiger partial charge in [0.15, 0.2) is 0 Å². The summed E-state index contributed by atoms with van der Waals surface area (Å²) in [5.41, 5.74) is -4.01. The van der Waals surface area contributed by atoms with Gasteiger partial charge in [0.1, 0.15) is 0 Å². The number of carbonyl (C=O) groups is 1. The van der Waals surface area contributed by atoms with Crippen LogP contribution in [0.1, 0.15) is 29.6 Å². The minimum absolute atomic E-state index is 0.0338. The zero-order chi connectivity index (χ0) is 15.5. The van der Waals surface area contributed by atoms with Gasteiger partial charge in [-0.05, 0) is 48.9 Å². The highest BCUT2D eigenvalue weighted by Crippen LogP contribution is 2.36. The summed E-state index contributed by atoms with van der Waals surface area (Å²) >= 11 is -0.207. The minimum atomic E-state index is -4.33. The van der Waals surface area contributed by atoms with Crippen molar-refractivity contribution in [3.8, 4) is 0 Å². The van der Waals surface area contributed by atoms with Crippen LogP contribution in [-0.4, -0.2) is 29.2 Å². The molecule has 3 nitrogen and oxygen atoms in total. The normalized spacial score (nSPS) is 22.3. The number of nitrogens with one attached hydrogen (secondary N) is 1. The Hall–Kier alpha value is -1.21. The second-order valence-corrected chi connectivity index (χ2v) is 6.16. The third kappa shape index (κ3) is 4.64. The van der Waals surface area contributed by atoms with Crippen LogP contribution in [0, 0.1) is 5.92 Å². The molecule has 2 rings (SSSR count). The lowest BCUT2D eigenvalue weighted by atomic mass is 10.0. The molecule has 1 aromatic carbocycles. The van der Waals surface area contributed by atoms with E-state index in [1.165, 1.54) is 24.3 Å². The van der Waals surface area contributed by atoms with Gasteiger partial charge in [-0.25, -0.2) is 0 Å². The van der Waals surface area contributed by atoms with E-state index in [1.807, 2.05) is 0 Å². The molecule has 1 saturated carbocycles. The fourth-order valence-corrected chi connectivity index (χ4v) is 3.04. The van der Waals surface area contributed by atoms with E-state index >= 15 is 0 Å². The van der Waals surface area contributed by atoms with E-state index in [9.17, 15) is 23.1 Å². The third-order valence-corrected chi connectivity index (χ3v) is 4.30. The van der Waals surface area contributed by atoms with Gasteiger partial charge in [0, 0.05) is 29.0 Å². The van der Waals surface area contributed by atoms with Crippen LogP contribution in [0.25, 0.3) is 0 Å². The molecule has 0 aliphatic heterocycles. The molecule has 0 spiro atoms. The van der Waals surface area contributed by atoms with Crippen LogP contribution < -0.4 is 5.32 Å². The Morgan fingerprint density at radius 3 is 2.52 bits per heavy atom. The summed E-state index contributed by atoms with van der Waals surface area (Å²) in [5.74, 6) is -0.252. The fraction of sp³-hybridized carbons (Fsp3) is 0.500. The molecule has 1 aliphatic carbocycles. The lowest BCUT2D eigenvalue weighted by Gasteiger charge is -2.19. The summed E-state index contributed by atoms with van der Waals surface area (Å²) in [6.45, 7) is 0.0338. The van der Waals surface area contributed by atoms with Gasteiger partial charge in [-0.3, -0.25) is 4.79 Å². The first-order valence-corrected chi connectivity index (χ1v) is 7.48. The van der Waals surface area contributed by atoms with Crippen molar-refractivity contribution in [2.24, 2.45) is 5.92 Å². The number of benzene rings is 1. The minimum Gasteiger partial charge on any atom is -0.396 e. The van der Waals surface area contributed by atoms with E-state index in [2.05, 4.69) is 5.32 Å². The van der Waals surface area contributed by atoms with Crippen molar-refractivity contribution in [2.75, 3.05) is 6.61 Å². The van der Waals surface area contributed by atoms with Crippen molar-refractivity contribution in [1.82, 2.24) is 5.32 Å². The summed E-state index contributed by atoms with van der Waals surface area (Å²) in [6, 6.07) is 5.27. The largest absolute Gasteiger partial charge is 0.446 e. The van der Waals surface area contributed by atoms with E-state index in [1.54, 1.807) is 0 Å². The number of hydrogen-bond acceptors (Lipinski definition) is 3. The Bertz CT molecular complexity index is 490. The highest BCUT2D eigenvalue weighted by atomic mass is 32.2. The van der Waals surface area contributed by atoms with Crippen LogP contribution in [0.5, 0.6) is 0 Å². The molecule has 21 heavy (non-hydrogen) atoms. The van der Waals surface area contributed by atoms with Crippen molar-refractivity contribution in [1.29, 1.82) is 0 Å². The van der Waals surface area contributed by atoms with E-state index < -0.39 is 5.51 Å². The fourth-order valence-electron chi connectivity index (χ4n) is 2.51. The maximum atomic E-state index is 12.2. The first-order chi connectivity index (χ1) is 9.89. The number of aliphatic hydroxyl groups excluding tert-OH is 1. The first-order valence-electron chi connectivity index (χ1n) is 6.66. The Morgan fingerprint density at radius 2 is 1.95 bits per heavy atom. The van der Waals surface area contributed by atoms with E-state index in [-0.39, 0.29) is 41.1 Å². The van der Waals surface area contributed by atoms with Gasteiger partial charge in [0.05, 0.1) is 0 Å². The van der Waals surface area contributed by atoms with Gasteiger partial charge in [-0.15, -0.1) is 0 Å². The monoisotopic (exact) mass is 319 g/mol. The van der Waals surface area contributed by atoms with Gasteiger partial charge < -0.3 is 10.4 Å². The van der Waals surface area contributed by atoms with E-state index in [0.717, 1.165) is 19.3 Å². The summed E-state index contributed by atoms with van der Waals surface area (Å²) < 4.78 is 36.6. The maximum absolute atomic E-state index is 12.2. The van der Waals surface area contributed by atoms with Crippen molar-refractivity contribution in [2.45, 2.75) is 35.7 Å². The van der Waals surface area contributed by atoms with Gasteiger partial charge >= 0.3 is 5.51 Å². The molecule has 1 aromatic rings. The molecule has 0 heterocycles. The Morgan fingerprint density at radius 1 is 1.29 bits per heavy atom. The zero-order valence-corrected chi connectivity index (χ0v) is 12.0. The van der Waals surface area contributed by atoms with Crippen LogP contribution in [0.3, 0.4) is 0 Å². The molecule has 1 fully saturated rings. The molecule has 2 N–H and O–H groups in total. The predicted molar refractivity (Wildman–Crippen MR) is 74.0 cm³/mol. The van der Waals surface area contributed by atoms with Crippen LogP contribution in [0.15, 0.2) is 29.2 Å². The van der Waals surface area contributed by atoms with Crippen molar-refractivity contribution >= 4 is 17.7 Å². The quantitative estimate of drug-likeness (QED) is 0.838. The number of amides is 1. The second-order valence-electron chi connectivity index (χ2n) is 5.03. The lowest BCUT2D eigenvalue weighted by Crippen LogP contribution is -2.38. The molecule has 2 unspecified atom stereocenters. The second kappa shape index (κ2) is 6.70. The van der Waals surface area contributed by atoms with E-state index in [4.69, 9.17) is 0 Å². The number of halogens is 3. The summed E-state index contributed by atoms with van der Waals surface area (Å²) in [4.78, 5) is 12.1.